The summed E-state index contributed by atoms with van der Waals surface area (Å²) < 4.78 is 5.72. The van der Waals surface area contributed by atoms with Crippen molar-refractivity contribution in [2.24, 2.45) is 0 Å². The molecule has 2 amide bonds. The zero-order valence-electron chi connectivity index (χ0n) is 16.0. The third-order valence-corrected chi connectivity index (χ3v) is 5.34. The summed E-state index contributed by atoms with van der Waals surface area (Å²) in [4.78, 5) is 33.9. The Kier molecular flexibility index (Phi) is 6.28. The largest absolute Gasteiger partial charge is 0.440 e. The number of hydrogen-bond donors (Lipinski definition) is 1. The first-order chi connectivity index (χ1) is 12.9. The second-order valence-corrected chi connectivity index (χ2v) is 8.00. The van der Waals surface area contributed by atoms with E-state index in [2.05, 4.69) is 15.2 Å². The highest BCUT2D eigenvalue weighted by Gasteiger charge is 2.24. The Balaban J connectivity index is 1.51. The molecule has 0 bridgehead atoms. The first-order valence-electron chi connectivity index (χ1n) is 9.22. The number of piperazine rings is 1. The number of hydrogen-bond acceptors (Lipinski definition) is 6. The number of rotatable bonds is 6. The van der Waals surface area contributed by atoms with E-state index in [-0.39, 0.29) is 24.3 Å². The molecule has 2 aromatic rings. The van der Waals surface area contributed by atoms with E-state index in [0.29, 0.717) is 50.1 Å². The molecule has 0 saturated carbocycles. The van der Waals surface area contributed by atoms with Crippen LogP contribution in [0, 0.1) is 6.92 Å². The molecule has 1 aliphatic heterocycles. The molecule has 1 fully saturated rings. The molecule has 7 nitrogen and oxygen atoms in total. The second kappa shape index (κ2) is 8.67. The van der Waals surface area contributed by atoms with Crippen LogP contribution in [0.2, 0.25) is 0 Å². The first-order valence-corrected chi connectivity index (χ1v) is 10.1. The SMILES string of the molecule is Cc1oc(-c2cccs2)nc1CC(=O)N1CCN(CC(=O)NC(C)C)CC1. The Hall–Kier alpha value is -2.19. The van der Waals surface area contributed by atoms with Crippen molar-refractivity contribution in [1.29, 1.82) is 0 Å². The van der Waals surface area contributed by atoms with Gasteiger partial charge in [0.2, 0.25) is 17.7 Å². The van der Waals surface area contributed by atoms with Crippen molar-refractivity contribution in [3.05, 3.63) is 29.0 Å². The molecule has 2 aromatic heterocycles. The summed E-state index contributed by atoms with van der Waals surface area (Å²) in [7, 11) is 0. The third kappa shape index (κ3) is 5.17. The fraction of sp³-hybridized carbons (Fsp3) is 0.526. The molecule has 1 N–H and O–H groups in total. The minimum absolute atomic E-state index is 0.0316. The van der Waals surface area contributed by atoms with E-state index in [0.717, 1.165) is 4.88 Å². The fourth-order valence-electron chi connectivity index (χ4n) is 3.08. The maximum absolute atomic E-state index is 12.6. The van der Waals surface area contributed by atoms with Crippen molar-refractivity contribution in [2.45, 2.75) is 33.2 Å². The van der Waals surface area contributed by atoms with Crippen LogP contribution in [0.3, 0.4) is 0 Å². The molecule has 0 aromatic carbocycles. The molecule has 1 saturated heterocycles. The van der Waals surface area contributed by atoms with Gasteiger partial charge in [-0.15, -0.1) is 11.3 Å². The fourth-order valence-corrected chi connectivity index (χ4v) is 3.73. The highest BCUT2D eigenvalue weighted by molar-refractivity contribution is 7.13. The Bertz CT molecular complexity index is 777. The smallest absolute Gasteiger partial charge is 0.236 e. The van der Waals surface area contributed by atoms with Gasteiger partial charge in [-0.2, -0.15) is 0 Å². The van der Waals surface area contributed by atoms with Gasteiger partial charge < -0.3 is 14.6 Å². The van der Waals surface area contributed by atoms with E-state index in [9.17, 15) is 9.59 Å². The summed E-state index contributed by atoms with van der Waals surface area (Å²) in [6, 6.07) is 4.05. The average molecular weight is 391 g/mol. The number of oxazole rings is 1. The molecule has 3 heterocycles. The summed E-state index contributed by atoms with van der Waals surface area (Å²) in [5, 5.41) is 4.87. The summed E-state index contributed by atoms with van der Waals surface area (Å²) in [5.74, 6) is 1.35. The number of aromatic nitrogens is 1. The van der Waals surface area contributed by atoms with E-state index in [4.69, 9.17) is 4.42 Å². The molecular formula is C19H26N4O3S. The van der Waals surface area contributed by atoms with E-state index in [1.54, 1.807) is 11.3 Å². The lowest BCUT2D eigenvalue weighted by molar-refractivity contribution is -0.132. The topological polar surface area (TPSA) is 78.7 Å². The lowest BCUT2D eigenvalue weighted by atomic mass is 10.2. The van der Waals surface area contributed by atoms with Crippen LogP contribution in [-0.4, -0.2) is 65.4 Å². The number of nitrogens with zero attached hydrogens (tertiary/aromatic N) is 3. The number of aryl methyl sites for hydroxylation is 1. The Morgan fingerprint density at radius 1 is 1.30 bits per heavy atom. The van der Waals surface area contributed by atoms with E-state index in [1.165, 1.54) is 0 Å². The summed E-state index contributed by atoms with van der Waals surface area (Å²) in [6.45, 7) is 8.79. The minimum atomic E-state index is 0.0316. The maximum Gasteiger partial charge on any atom is 0.236 e. The van der Waals surface area contributed by atoms with Gasteiger partial charge in [-0.05, 0) is 32.2 Å². The molecule has 3 rings (SSSR count). The van der Waals surface area contributed by atoms with Gasteiger partial charge in [0.05, 0.1) is 23.5 Å². The zero-order chi connectivity index (χ0) is 19.4. The molecule has 8 heteroatoms. The summed E-state index contributed by atoms with van der Waals surface area (Å²) in [6.07, 6.45) is 0.245. The standard InChI is InChI=1S/C19H26N4O3S/c1-13(2)20-17(24)12-22-6-8-23(9-7-22)18(25)11-15-14(3)26-19(21-15)16-5-4-10-27-16/h4-5,10,13H,6-9,11-12H2,1-3H3,(H,20,24). The Morgan fingerprint density at radius 3 is 2.67 bits per heavy atom. The predicted molar refractivity (Wildman–Crippen MR) is 105 cm³/mol. The Labute approximate surface area is 163 Å². The predicted octanol–water partition coefficient (Wildman–Crippen LogP) is 1.92. The van der Waals surface area contributed by atoms with Crippen molar-refractivity contribution >= 4 is 23.2 Å². The molecule has 0 spiro atoms. The van der Waals surface area contributed by atoms with Crippen molar-refractivity contribution < 1.29 is 14.0 Å². The van der Waals surface area contributed by atoms with E-state index in [1.807, 2.05) is 43.2 Å². The number of carbonyl (C=O) groups is 2. The van der Waals surface area contributed by atoms with Crippen LogP contribution in [0.15, 0.2) is 21.9 Å². The quantitative estimate of drug-likeness (QED) is 0.815. The normalized spacial score (nSPS) is 15.3. The molecule has 27 heavy (non-hydrogen) atoms. The molecule has 0 radical (unpaired) electrons. The van der Waals surface area contributed by atoms with Crippen LogP contribution >= 0.6 is 11.3 Å². The van der Waals surface area contributed by atoms with Crippen molar-refractivity contribution in [1.82, 2.24) is 20.1 Å². The second-order valence-electron chi connectivity index (χ2n) is 7.06. The number of amides is 2. The van der Waals surface area contributed by atoms with Gasteiger partial charge in [0, 0.05) is 32.2 Å². The van der Waals surface area contributed by atoms with Gasteiger partial charge in [0.1, 0.15) is 5.76 Å². The van der Waals surface area contributed by atoms with Gasteiger partial charge >= 0.3 is 0 Å². The van der Waals surface area contributed by atoms with Crippen LogP contribution in [0.5, 0.6) is 0 Å². The van der Waals surface area contributed by atoms with Gasteiger partial charge in [0.25, 0.3) is 0 Å². The molecule has 0 aliphatic carbocycles. The third-order valence-electron chi connectivity index (χ3n) is 4.49. The van der Waals surface area contributed by atoms with Gasteiger partial charge in [0.15, 0.2) is 0 Å². The van der Waals surface area contributed by atoms with Crippen molar-refractivity contribution in [3.8, 4) is 10.8 Å². The first kappa shape index (κ1) is 19.6. The van der Waals surface area contributed by atoms with E-state index < -0.39 is 0 Å². The minimum Gasteiger partial charge on any atom is -0.440 e. The molecule has 146 valence electrons. The van der Waals surface area contributed by atoms with Gasteiger partial charge in [-0.25, -0.2) is 4.98 Å². The highest BCUT2D eigenvalue weighted by atomic mass is 32.1. The summed E-state index contributed by atoms with van der Waals surface area (Å²) in [5.41, 5.74) is 0.696. The van der Waals surface area contributed by atoms with Gasteiger partial charge in [-0.1, -0.05) is 6.07 Å². The molecule has 1 aliphatic rings. The van der Waals surface area contributed by atoms with Crippen molar-refractivity contribution in [2.75, 3.05) is 32.7 Å². The number of thiophene rings is 1. The van der Waals surface area contributed by atoms with E-state index >= 15 is 0 Å². The van der Waals surface area contributed by atoms with Crippen LogP contribution in [0.25, 0.3) is 10.8 Å². The van der Waals surface area contributed by atoms with Gasteiger partial charge in [-0.3, -0.25) is 14.5 Å². The summed E-state index contributed by atoms with van der Waals surface area (Å²) >= 11 is 1.56. The molecular weight excluding hydrogens is 364 g/mol. The lowest BCUT2D eigenvalue weighted by Gasteiger charge is -2.34. The van der Waals surface area contributed by atoms with Crippen LogP contribution in [0.4, 0.5) is 0 Å². The van der Waals surface area contributed by atoms with Crippen LogP contribution < -0.4 is 5.32 Å². The maximum atomic E-state index is 12.6. The number of nitrogens with one attached hydrogen (secondary N) is 1. The highest BCUT2D eigenvalue weighted by Crippen LogP contribution is 2.26. The Morgan fingerprint density at radius 2 is 2.04 bits per heavy atom. The zero-order valence-corrected chi connectivity index (χ0v) is 16.8. The van der Waals surface area contributed by atoms with Crippen molar-refractivity contribution in [3.63, 3.8) is 0 Å². The number of carbonyl (C=O) groups excluding carboxylic acids is 2. The van der Waals surface area contributed by atoms with Crippen LogP contribution in [-0.2, 0) is 16.0 Å². The lowest BCUT2D eigenvalue weighted by Crippen LogP contribution is -2.51. The average Bonchev–Trinajstić information content (AvgIpc) is 3.25. The van der Waals surface area contributed by atoms with Crippen LogP contribution in [0.1, 0.15) is 25.3 Å². The monoisotopic (exact) mass is 390 g/mol. The molecule has 0 atom stereocenters. The molecule has 0 unspecified atom stereocenters.